The van der Waals surface area contributed by atoms with Gasteiger partial charge in [-0.25, -0.2) is 13.2 Å². The number of aromatic nitrogens is 1. The van der Waals surface area contributed by atoms with Crippen molar-refractivity contribution >= 4 is 15.9 Å². The molecule has 0 N–H and O–H groups in total. The lowest BCUT2D eigenvalue weighted by Crippen LogP contribution is -2.44. The van der Waals surface area contributed by atoms with E-state index in [0.717, 1.165) is 41.8 Å². The number of carbonyl (C=O) groups excluding carboxylic acids is 1. The second kappa shape index (κ2) is 9.21. The van der Waals surface area contributed by atoms with Crippen LogP contribution < -0.4 is 4.74 Å². The lowest BCUT2D eigenvalue weighted by Gasteiger charge is -2.35. The fraction of sp³-hybridized carbons (Fsp3) is 0.538. The monoisotopic (exact) mass is 486 g/mol. The number of sulfone groups is 1. The summed E-state index contributed by atoms with van der Waals surface area (Å²) in [6.45, 7) is 10.4. The molecule has 2 aliphatic heterocycles. The number of likely N-dealkylation sites (tertiary alicyclic amines) is 1. The fourth-order valence-corrected chi connectivity index (χ4v) is 5.52. The van der Waals surface area contributed by atoms with E-state index in [-0.39, 0.29) is 12.2 Å². The zero-order valence-electron chi connectivity index (χ0n) is 20.6. The highest BCUT2D eigenvalue weighted by Gasteiger charge is 2.35. The van der Waals surface area contributed by atoms with E-state index in [1.54, 1.807) is 37.1 Å². The van der Waals surface area contributed by atoms with Crippen LogP contribution in [0.5, 0.6) is 5.75 Å². The van der Waals surface area contributed by atoms with Crippen LogP contribution in [0.15, 0.2) is 41.4 Å². The first-order valence-corrected chi connectivity index (χ1v) is 13.5. The predicted molar refractivity (Wildman–Crippen MR) is 131 cm³/mol. The fourth-order valence-electron chi connectivity index (χ4n) is 4.46. The number of nitrogens with zero attached hydrogens (tertiary/aromatic N) is 2. The molecule has 2 aliphatic rings. The van der Waals surface area contributed by atoms with E-state index in [0.29, 0.717) is 23.9 Å². The second-order valence-corrected chi connectivity index (χ2v) is 13.0. The average Bonchev–Trinajstić information content (AvgIpc) is 3.21. The standard InChI is InChI=1S/C26H34N2O5S/c1-17(2)34(30,31)21-8-6-18(7-9-21)22-14-20-15-23(32-24(20)16-27-22)19-10-12-28(13-11-19)25(29)33-26(3,4)5/h6-9,14,16-17,19,23H,10-13,15H2,1-5H3. The largest absolute Gasteiger partial charge is 0.488 e. The molecule has 184 valence electrons. The van der Waals surface area contributed by atoms with Gasteiger partial charge in [0, 0.05) is 30.6 Å². The number of carbonyl (C=O) groups is 1. The number of ether oxygens (including phenoxy) is 2. The van der Waals surface area contributed by atoms with Gasteiger partial charge in [0.2, 0.25) is 0 Å². The number of hydrogen-bond donors (Lipinski definition) is 0. The molecule has 34 heavy (non-hydrogen) atoms. The molecular weight excluding hydrogens is 452 g/mol. The summed E-state index contributed by atoms with van der Waals surface area (Å²) >= 11 is 0. The van der Waals surface area contributed by atoms with Crippen molar-refractivity contribution < 1.29 is 22.7 Å². The summed E-state index contributed by atoms with van der Waals surface area (Å²) in [5.74, 6) is 1.18. The zero-order valence-corrected chi connectivity index (χ0v) is 21.4. The topological polar surface area (TPSA) is 85.8 Å². The maximum Gasteiger partial charge on any atom is 0.410 e. The highest BCUT2D eigenvalue weighted by atomic mass is 32.2. The summed E-state index contributed by atoms with van der Waals surface area (Å²) < 4.78 is 36.5. The Labute approximate surface area is 202 Å². The van der Waals surface area contributed by atoms with Gasteiger partial charge < -0.3 is 14.4 Å². The van der Waals surface area contributed by atoms with E-state index < -0.39 is 20.7 Å². The third-order valence-corrected chi connectivity index (χ3v) is 8.63. The van der Waals surface area contributed by atoms with E-state index in [2.05, 4.69) is 4.98 Å². The van der Waals surface area contributed by atoms with Crippen molar-refractivity contribution in [2.75, 3.05) is 13.1 Å². The van der Waals surface area contributed by atoms with Crippen molar-refractivity contribution in [1.82, 2.24) is 9.88 Å². The minimum atomic E-state index is -3.30. The third kappa shape index (κ3) is 5.22. The van der Waals surface area contributed by atoms with E-state index in [4.69, 9.17) is 9.47 Å². The lowest BCUT2D eigenvalue weighted by atomic mass is 9.89. The third-order valence-electron chi connectivity index (χ3n) is 6.46. The summed E-state index contributed by atoms with van der Waals surface area (Å²) in [6.07, 6.45) is 4.16. The molecule has 0 radical (unpaired) electrons. The van der Waals surface area contributed by atoms with Crippen LogP contribution in [0.25, 0.3) is 11.3 Å². The van der Waals surface area contributed by atoms with Gasteiger partial charge in [0.15, 0.2) is 9.84 Å². The molecule has 0 saturated carbocycles. The summed E-state index contributed by atoms with van der Waals surface area (Å²) in [5, 5.41) is -0.457. The number of piperidine rings is 1. The maximum atomic E-state index is 12.4. The van der Waals surface area contributed by atoms with Crippen LogP contribution in [0, 0.1) is 5.92 Å². The van der Waals surface area contributed by atoms with Crippen molar-refractivity contribution in [3.8, 4) is 17.0 Å². The van der Waals surface area contributed by atoms with Crippen LogP contribution in [0.4, 0.5) is 4.79 Å². The molecule has 3 heterocycles. The van der Waals surface area contributed by atoms with Crippen molar-refractivity contribution in [3.05, 3.63) is 42.1 Å². The summed E-state index contributed by atoms with van der Waals surface area (Å²) in [5.41, 5.74) is 2.30. The Balaban J connectivity index is 1.39. The van der Waals surface area contributed by atoms with Crippen molar-refractivity contribution in [3.63, 3.8) is 0 Å². The average molecular weight is 487 g/mol. The van der Waals surface area contributed by atoms with Gasteiger partial charge in [-0.2, -0.15) is 0 Å². The molecule has 1 aromatic carbocycles. The molecule has 1 fully saturated rings. The zero-order chi connectivity index (χ0) is 24.7. The maximum absolute atomic E-state index is 12.4. The van der Waals surface area contributed by atoms with Gasteiger partial charge in [0.05, 0.1) is 22.0 Å². The number of benzene rings is 1. The van der Waals surface area contributed by atoms with E-state index in [1.807, 2.05) is 39.0 Å². The molecule has 1 atom stereocenters. The number of amides is 1. The van der Waals surface area contributed by atoms with Crippen molar-refractivity contribution in [2.24, 2.45) is 5.92 Å². The Hall–Kier alpha value is -2.61. The number of pyridine rings is 1. The molecule has 7 nitrogen and oxygen atoms in total. The van der Waals surface area contributed by atoms with Crippen LogP contribution in [-0.4, -0.2) is 54.4 Å². The Morgan fingerprint density at radius 2 is 1.79 bits per heavy atom. The van der Waals surface area contributed by atoms with Gasteiger partial charge >= 0.3 is 6.09 Å². The van der Waals surface area contributed by atoms with Gasteiger partial charge in [-0.15, -0.1) is 0 Å². The van der Waals surface area contributed by atoms with E-state index in [9.17, 15) is 13.2 Å². The van der Waals surface area contributed by atoms with E-state index >= 15 is 0 Å². The van der Waals surface area contributed by atoms with Gasteiger partial charge in [0.25, 0.3) is 0 Å². The lowest BCUT2D eigenvalue weighted by molar-refractivity contribution is 0.0123. The predicted octanol–water partition coefficient (Wildman–Crippen LogP) is 4.88. The molecule has 1 unspecified atom stereocenters. The SMILES string of the molecule is CC(C)S(=O)(=O)c1ccc(-c2cc3c(cn2)OC(C2CCN(C(=O)OC(C)(C)C)CC2)C3)cc1. The number of rotatable bonds is 4. The van der Waals surface area contributed by atoms with Crippen LogP contribution in [0.1, 0.15) is 53.0 Å². The highest BCUT2D eigenvalue weighted by molar-refractivity contribution is 7.92. The summed E-state index contributed by atoms with van der Waals surface area (Å²) in [7, 11) is -3.30. The smallest absolute Gasteiger partial charge is 0.410 e. The summed E-state index contributed by atoms with van der Waals surface area (Å²) in [6, 6.07) is 8.96. The summed E-state index contributed by atoms with van der Waals surface area (Å²) in [4.78, 5) is 19.0. The Kier molecular flexibility index (Phi) is 6.64. The second-order valence-electron chi connectivity index (χ2n) is 10.5. The molecule has 2 aromatic rings. The number of hydrogen-bond acceptors (Lipinski definition) is 6. The van der Waals surface area contributed by atoms with Gasteiger partial charge in [-0.05, 0) is 71.6 Å². The molecule has 1 saturated heterocycles. The van der Waals surface area contributed by atoms with Crippen molar-refractivity contribution in [2.45, 2.75) is 75.7 Å². The Morgan fingerprint density at radius 3 is 2.38 bits per heavy atom. The van der Waals surface area contributed by atoms with Crippen LogP contribution >= 0.6 is 0 Å². The number of fused-ring (bicyclic) bond motifs is 1. The van der Waals surface area contributed by atoms with Gasteiger partial charge in [-0.1, -0.05) is 12.1 Å². The molecule has 0 aliphatic carbocycles. The molecule has 1 amide bonds. The minimum absolute atomic E-state index is 0.0754. The molecule has 8 heteroatoms. The highest BCUT2D eigenvalue weighted by Crippen LogP contribution is 2.37. The molecule has 0 spiro atoms. The first-order chi connectivity index (χ1) is 15.9. The molecular formula is C26H34N2O5S. The Morgan fingerprint density at radius 1 is 1.15 bits per heavy atom. The van der Waals surface area contributed by atoms with Crippen LogP contribution in [0.2, 0.25) is 0 Å². The minimum Gasteiger partial charge on any atom is -0.488 e. The van der Waals surface area contributed by atoms with Gasteiger partial charge in [-0.3, -0.25) is 4.98 Å². The Bertz CT molecular complexity index is 1140. The van der Waals surface area contributed by atoms with Crippen LogP contribution in [0.3, 0.4) is 0 Å². The van der Waals surface area contributed by atoms with Crippen molar-refractivity contribution in [1.29, 1.82) is 0 Å². The first-order valence-electron chi connectivity index (χ1n) is 11.9. The van der Waals surface area contributed by atoms with E-state index in [1.165, 1.54) is 0 Å². The van der Waals surface area contributed by atoms with Crippen LogP contribution in [-0.2, 0) is 21.0 Å². The van der Waals surface area contributed by atoms with Gasteiger partial charge in [0.1, 0.15) is 17.5 Å². The quantitative estimate of drug-likeness (QED) is 0.612. The molecule has 4 rings (SSSR count). The molecule has 1 aromatic heterocycles. The first kappa shape index (κ1) is 24.5. The molecule has 0 bridgehead atoms. The normalized spacial score (nSPS) is 19.1.